The Morgan fingerprint density at radius 3 is 1.55 bits per heavy atom. The first-order valence-corrected chi connectivity index (χ1v) is 16.1. The molecule has 9 heteroatoms. The monoisotopic (exact) mass is 571 g/mol. The van der Waals surface area contributed by atoms with Gasteiger partial charge in [0, 0.05) is 5.69 Å². The topological polar surface area (TPSA) is 96.3 Å². The van der Waals surface area contributed by atoms with Crippen molar-refractivity contribution in [2.24, 2.45) is 11.8 Å². The number of hydrogen-bond acceptors (Lipinski definition) is 7. The fourth-order valence-electron chi connectivity index (χ4n) is 4.00. The van der Waals surface area contributed by atoms with Gasteiger partial charge in [0.25, 0.3) is 0 Å². The molecule has 0 heterocycles. The highest BCUT2D eigenvalue weighted by molar-refractivity contribution is 8.01. The molecule has 0 aliphatic carbocycles. The number of aryl methyl sites for hydroxylation is 1. The summed E-state index contributed by atoms with van der Waals surface area (Å²) in [4.78, 5) is 25.1. The zero-order valence-electron chi connectivity index (χ0n) is 23.9. The summed E-state index contributed by atoms with van der Waals surface area (Å²) in [5.41, 5.74) is 0.610. The van der Waals surface area contributed by atoms with Crippen LogP contribution in [0.25, 0.3) is 0 Å². The van der Waals surface area contributed by atoms with Crippen LogP contribution in [0.15, 0.2) is 24.3 Å². The van der Waals surface area contributed by atoms with E-state index in [9.17, 15) is 19.8 Å². The lowest BCUT2D eigenvalue weighted by Gasteiger charge is -2.39. The van der Waals surface area contributed by atoms with Crippen LogP contribution in [0.5, 0.6) is 0 Å². The zero-order valence-corrected chi connectivity index (χ0v) is 25.5. The first kappa shape index (κ1) is 34.6. The third kappa shape index (κ3) is 14.1. The van der Waals surface area contributed by atoms with Crippen LogP contribution in [-0.4, -0.2) is 58.0 Å². The average molecular weight is 572 g/mol. The number of benzene rings is 1. The molecule has 0 aliphatic rings. The van der Waals surface area contributed by atoms with Crippen molar-refractivity contribution in [1.29, 1.82) is 0 Å². The molecule has 2 N–H and O–H groups in total. The molecule has 0 saturated heterocycles. The maximum absolute atomic E-state index is 11.6. The molecule has 0 radical (unpaired) electrons. The number of carboxylic acid groups (broad SMARTS) is 2. The number of rotatable bonds is 23. The van der Waals surface area contributed by atoms with Crippen molar-refractivity contribution in [2.45, 2.75) is 97.1 Å². The minimum atomic E-state index is -0.924. The van der Waals surface area contributed by atoms with Crippen LogP contribution in [0.4, 0.5) is 5.69 Å². The second-order valence-electron chi connectivity index (χ2n) is 9.77. The van der Waals surface area contributed by atoms with Gasteiger partial charge in [-0.3, -0.25) is 9.59 Å². The molecule has 0 aliphatic heterocycles. The molecule has 0 aromatic heterocycles. The van der Waals surface area contributed by atoms with E-state index in [0.717, 1.165) is 62.6 Å². The van der Waals surface area contributed by atoms with Crippen LogP contribution in [-0.2, 0) is 19.1 Å². The second-order valence-corrected chi connectivity index (χ2v) is 11.8. The Morgan fingerprint density at radius 2 is 1.21 bits per heavy atom. The lowest BCUT2D eigenvalue weighted by atomic mass is 10.0. The average Bonchev–Trinajstić information content (AvgIpc) is 2.90. The van der Waals surface area contributed by atoms with Crippen LogP contribution in [0, 0.1) is 18.8 Å². The number of hydrogen-bond donors (Lipinski definition) is 2. The largest absolute Gasteiger partial charge is 0.481 e. The Kier molecular flexibility index (Phi) is 18.7. The van der Waals surface area contributed by atoms with E-state index in [1.54, 1.807) is 0 Å². The summed E-state index contributed by atoms with van der Waals surface area (Å²) in [5.74, 6) is -1.38. The van der Waals surface area contributed by atoms with Gasteiger partial charge >= 0.3 is 11.9 Å². The lowest BCUT2D eigenvalue weighted by molar-refractivity contribution is -0.135. The SMILES string of the molecule is CCCCC(CC)COC(SCC(=O)O)N(c1ccc(C)cc1)C(OCC(CC)CCCC)SCC(=O)O. The van der Waals surface area contributed by atoms with E-state index in [0.29, 0.717) is 25.0 Å². The third-order valence-electron chi connectivity index (χ3n) is 6.52. The van der Waals surface area contributed by atoms with E-state index in [1.807, 2.05) is 36.1 Å². The number of aliphatic carboxylic acids is 2. The van der Waals surface area contributed by atoms with Crippen LogP contribution in [0.1, 0.15) is 84.6 Å². The minimum absolute atomic E-state index is 0.136. The molecule has 0 bridgehead atoms. The van der Waals surface area contributed by atoms with Crippen molar-refractivity contribution in [3.05, 3.63) is 29.8 Å². The number of anilines is 1. The van der Waals surface area contributed by atoms with E-state index in [4.69, 9.17) is 9.47 Å². The van der Waals surface area contributed by atoms with Crippen LogP contribution in [0.3, 0.4) is 0 Å². The van der Waals surface area contributed by atoms with Crippen LogP contribution < -0.4 is 4.90 Å². The van der Waals surface area contributed by atoms with E-state index in [1.165, 1.54) is 23.5 Å². The van der Waals surface area contributed by atoms with Crippen LogP contribution in [0.2, 0.25) is 0 Å². The van der Waals surface area contributed by atoms with Gasteiger partial charge in [-0.05, 0) is 43.7 Å². The smallest absolute Gasteiger partial charge is 0.313 e. The molecule has 0 fully saturated rings. The first-order chi connectivity index (χ1) is 18.2. The molecule has 0 spiro atoms. The summed E-state index contributed by atoms with van der Waals surface area (Å²) >= 11 is 2.39. The Bertz CT molecular complexity index is 737. The molecule has 1 aromatic rings. The van der Waals surface area contributed by atoms with E-state index in [2.05, 4.69) is 27.7 Å². The lowest BCUT2D eigenvalue weighted by Crippen LogP contribution is -2.45. The number of ether oxygens (including phenoxy) is 2. The van der Waals surface area contributed by atoms with E-state index < -0.39 is 23.1 Å². The number of thioether (sulfide) groups is 2. The van der Waals surface area contributed by atoms with Gasteiger partial charge in [0.15, 0.2) is 11.1 Å². The Morgan fingerprint density at radius 1 is 0.789 bits per heavy atom. The number of unbranched alkanes of at least 4 members (excludes halogenated alkanes) is 2. The van der Waals surface area contributed by atoms with Gasteiger partial charge in [-0.2, -0.15) is 0 Å². The molecule has 0 saturated carbocycles. The Balaban J connectivity index is 3.36. The maximum Gasteiger partial charge on any atom is 0.313 e. The summed E-state index contributed by atoms with van der Waals surface area (Å²) in [6, 6.07) is 7.92. The van der Waals surface area contributed by atoms with Crippen molar-refractivity contribution >= 4 is 41.1 Å². The fraction of sp³-hybridized carbons (Fsp3) is 0.724. The van der Waals surface area contributed by atoms with Crippen molar-refractivity contribution in [1.82, 2.24) is 0 Å². The molecule has 0 amide bonds. The summed E-state index contributed by atoms with van der Waals surface area (Å²) in [6.07, 6.45) is 8.52. The normalized spacial score (nSPS) is 14.6. The zero-order chi connectivity index (χ0) is 28.3. The highest BCUT2D eigenvalue weighted by Gasteiger charge is 2.31. The molecular weight excluding hydrogens is 522 g/mol. The predicted octanol–water partition coefficient (Wildman–Crippen LogP) is 7.47. The third-order valence-corrected chi connectivity index (χ3v) is 8.64. The van der Waals surface area contributed by atoms with E-state index >= 15 is 0 Å². The molecule has 1 aromatic carbocycles. The highest BCUT2D eigenvalue weighted by atomic mass is 32.2. The number of nitrogens with zero attached hydrogens (tertiary/aromatic N) is 1. The van der Waals surface area contributed by atoms with Crippen LogP contribution >= 0.6 is 23.5 Å². The van der Waals surface area contributed by atoms with Crippen molar-refractivity contribution in [3.8, 4) is 0 Å². The molecule has 218 valence electrons. The molecule has 4 unspecified atom stereocenters. The molecular formula is C29H49NO6S2. The van der Waals surface area contributed by atoms with Crippen molar-refractivity contribution < 1.29 is 29.3 Å². The summed E-state index contributed by atoms with van der Waals surface area (Å²) in [6.45, 7) is 11.6. The van der Waals surface area contributed by atoms with Gasteiger partial charge in [-0.25, -0.2) is 0 Å². The standard InChI is InChI=1S/C29H49NO6S2/c1-6-10-12-23(8-3)18-35-28(37-20-26(31)32)30(25-16-14-22(5)15-17-25)29(38-21-27(33)34)36-19-24(9-4)13-11-7-2/h14-17,23-24,28-29H,6-13,18-21H2,1-5H3,(H,31,32)(H,33,34). The summed E-state index contributed by atoms with van der Waals surface area (Å²) < 4.78 is 12.9. The molecule has 1 rings (SSSR count). The Labute approximate surface area is 238 Å². The van der Waals surface area contributed by atoms with Gasteiger partial charge in [0.2, 0.25) is 0 Å². The summed E-state index contributed by atoms with van der Waals surface area (Å²) in [7, 11) is 0. The van der Waals surface area contributed by atoms with Gasteiger partial charge in [-0.1, -0.05) is 107 Å². The highest BCUT2D eigenvalue weighted by Crippen LogP contribution is 2.34. The first-order valence-electron chi connectivity index (χ1n) is 14.0. The second kappa shape index (κ2) is 20.5. The van der Waals surface area contributed by atoms with Gasteiger partial charge < -0.3 is 24.6 Å². The predicted molar refractivity (Wildman–Crippen MR) is 160 cm³/mol. The molecule has 4 atom stereocenters. The number of carbonyl (C=O) groups is 2. The quantitative estimate of drug-likeness (QED) is 0.130. The van der Waals surface area contributed by atoms with Gasteiger partial charge in [0.1, 0.15) is 0 Å². The Hall–Kier alpha value is -1.42. The van der Waals surface area contributed by atoms with Gasteiger partial charge in [-0.15, -0.1) is 0 Å². The molecule has 7 nitrogen and oxygen atoms in total. The van der Waals surface area contributed by atoms with E-state index in [-0.39, 0.29) is 11.5 Å². The maximum atomic E-state index is 11.6. The summed E-state index contributed by atoms with van der Waals surface area (Å²) in [5, 5.41) is 19.0. The van der Waals surface area contributed by atoms with Crippen molar-refractivity contribution in [2.75, 3.05) is 29.6 Å². The van der Waals surface area contributed by atoms with Crippen molar-refractivity contribution in [3.63, 3.8) is 0 Å². The van der Waals surface area contributed by atoms with Gasteiger partial charge in [0.05, 0.1) is 24.7 Å². The molecule has 38 heavy (non-hydrogen) atoms. The number of carboxylic acids is 2. The fourth-order valence-corrected chi connectivity index (χ4v) is 5.78. The minimum Gasteiger partial charge on any atom is -0.481 e.